The molecule has 4 N–H and O–H groups in total. The SMILES string of the molecule is O=C(NOCC1CC1)c1cc(S(=O)(=O)NCc2ncccc2CCCO)c(F)c(F)c1Nc1ccc(I)cc1Cl. The number of amides is 1. The van der Waals surface area contributed by atoms with E-state index in [9.17, 15) is 13.2 Å². The van der Waals surface area contributed by atoms with Gasteiger partial charge in [0.2, 0.25) is 10.0 Å². The van der Waals surface area contributed by atoms with Crippen molar-refractivity contribution in [3.05, 3.63) is 79.6 Å². The zero-order chi connectivity index (χ0) is 28.9. The maximum absolute atomic E-state index is 15.5. The average molecular weight is 707 g/mol. The Labute approximate surface area is 248 Å². The first-order valence-electron chi connectivity index (χ1n) is 12.3. The summed E-state index contributed by atoms with van der Waals surface area (Å²) in [5.41, 5.74) is 2.29. The van der Waals surface area contributed by atoms with E-state index >= 15 is 8.78 Å². The molecule has 14 heteroatoms. The van der Waals surface area contributed by atoms with Gasteiger partial charge in [-0.15, -0.1) is 0 Å². The number of aryl methyl sites for hydroxylation is 1. The number of halogens is 4. The number of aliphatic hydroxyl groups excluding tert-OH is 1. The molecule has 1 heterocycles. The molecule has 1 aromatic heterocycles. The molecule has 1 saturated carbocycles. The smallest absolute Gasteiger partial charge is 0.277 e. The minimum Gasteiger partial charge on any atom is -0.396 e. The van der Waals surface area contributed by atoms with Crippen molar-refractivity contribution in [2.75, 3.05) is 18.5 Å². The summed E-state index contributed by atoms with van der Waals surface area (Å²) < 4.78 is 60.2. The first-order valence-corrected chi connectivity index (χ1v) is 15.2. The summed E-state index contributed by atoms with van der Waals surface area (Å²) in [4.78, 5) is 21.3. The first kappa shape index (κ1) is 30.5. The number of pyridine rings is 1. The van der Waals surface area contributed by atoms with Crippen LogP contribution in [0.15, 0.2) is 47.5 Å². The summed E-state index contributed by atoms with van der Waals surface area (Å²) in [5.74, 6) is -3.96. The lowest BCUT2D eigenvalue weighted by Gasteiger charge is -2.17. The van der Waals surface area contributed by atoms with Crippen LogP contribution < -0.4 is 15.5 Å². The van der Waals surface area contributed by atoms with Gasteiger partial charge in [0.15, 0.2) is 11.6 Å². The molecule has 1 amide bonds. The highest BCUT2D eigenvalue weighted by molar-refractivity contribution is 14.1. The molecule has 214 valence electrons. The van der Waals surface area contributed by atoms with Gasteiger partial charge in [-0.2, -0.15) is 0 Å². The van der Waals surface area contributed by atoms with Crippen LogP contribution in [0.3, 0.4) is 0 Å². The van der Waals surface area contributed by atoms with Crippen LogP contribution in [-0.4, -0.2) is 37.6 Å². The fraction of sp³-hybridized carbons (Fsp3) is 0.308. The molecule has 0 spiro atoms. The Morgan fingerprint density at radius 1 is 1.20 bits per heavy atom. The van der Waals surface area contributed by atoms with Crippen LogP contribution in [0.4, 0.5) is 20.2 Å². The number of nitrogens with one attached hydrogen (secondary N) is 3. The molecule has 0 unspecified atom stereocenters. The number of aliphatic hydroxyl groups is 1. The van der Waals surface area contributed by atoms with Crippen molar-refractivity contribution in [2.24, 2.45) is 5.92 Å². The summed E-state index contributed by atoms with van der Waals surface area (Å²) >= 11 is 8.27. The number of anilines is 2. The second kappa shape index (κ2) is 13.5. The Morgan fingerprint density at radius 3 is 2.67 bits per heavy atom. The largest absolute Gasteiger partial charge is 0.396 e. The number of rotatable bonds is 13. The number of hydrogen-bond acceptors (Lipinski definition) is 7. The van der Waals surface area contributed by atoms with Gasteiger partial charge in [0.05, 0.1) is 40.8 Å². The number of aromatic nitrogens is 1. The second-order valence-electron chi connectivity index (χ2n) is 9.12. The monoisotopic (exact) mass is 706 g/mol. The van der Waals surface area contributed by atoms with Crippen LogP contribution in [0.1, 0.15) is 40.9 Å². The van der Waals surface area contributed by atoms with Gasteiger partial charge in [-0.05, 0) is 90.1 Å². The van der Waals surface area contributed by atoms with Crippen LogP contribution in [0.25, 0.3) is 0 Å². The Kier molecular flexibility index (Phi) is 10.3. The van der Waals surface area contributed by atoms with E-state index in [0.29, 0.717) is 30.0 Å². The molecular formula is C26H26ClF2IN4O5S. The summed E-state index contributed by atoms with van der Waals surface area (Å²) in [7, 11) is -4.66. The Bertz CT molecular complexity index is 1510. The highest BCUT2D eigenvalue weighted by Gasteiger charge is 2.30. The first-order chi connectivity index (χ1) is 19.1. The van der Waals surface area contributed by atoms with Crippen molar-refractivity contribution in [1.29, 1.82) is 0 Å². The molecule has 0 saturated heterocycles. The molecule has 9 nitrogen and oxygen atoms in total. The van der Waals surface area contributed by atoms with E-state index in [4.69, 9.17) is 21.5 Å². The van der Waals surface area contributed by atoms with Crippen molar-refractivity contribution >= 4 is 61.5 Å². The summed E-state index contributed by atoms with van der Waals surface area (Å²) in [6.07, 6.45) is 4.24. The minimum atomic E-state index is -4.66. The van der Waals surface area contributed by atoms with Gasteiger partial charge >= 0.3 is 0 Å². The third-order valence-electron chi connectivity index (χ3n) is 6.10. The Hall–Kier alpha value is -2.43. The van der Waals surface area contributed by atoms with Crippen molar-refractivity contribution in [1.82, 2.24) is 15.2 Å². The van der Waals surface area contributed by atoms with Crippen molar-refractivity contribution in [2.45, 2.75) is 37.1 Å². The van der Waals surface area contributed by atoms with Gasteiger partial charge in [0.1, 0.15) is 4.90 Å². The summed E-state index contributed by atoms with van der Waals surface area (Å²) in [5, 5.41) is 11.9. The third-order valence-corrected chi connectivity index (χ3v) is 8.48. The third kappa shape index (κ3) is 7.64. The fourth-order valence-electron chi connectivity index (χ4n) is 3.76. The number of benzene rings is 2. The van der Waals surface area contributed by atoms with Gasteiger partial charge in [0, 0.05) is 16.4 Å². The standard InChI is InChI=1S/C26H26ClF2IN4O5S/c27-19-11-17(30)7-8-20(19)33-25-18(26(36)34-39-14-15-5-6-15)12-22(23(28)24(25)29)40(37,38)32-13-21-16(4-2-10-35)3-1-9-31-21/h1,3,7-9,11-12,15,32-33,35H,2,4-6,10,13-14H2,(H,34,36). The van der Waals surface area contributed by atoms with E-state index in [0.717, 1.165) is 22.5 Å². The number of hydrogen-bond donors (Lipinski definition) is 4. The molecule has 3 aromatic rings. The summed E-state index contributed by atoms with van der Waals surface area (Å²) in [6.45, 7) is -0.153. The van der Waals surface area contributed by atoms with Gasteiger partial charge in [-0.1, -0.05) is 17.7 Å². The van der Waals surface area contributed by atoms with E-state index in [1.54, 1.807) is 24.3 Å². The van der Waals surface area contributed by atoms with E-state index in [2.05, 4.69) is 20.5 Å². The van der Waals surface area contributed by atoms with Crippen LogP contribution in [0.2, 0.25) is 5.02 Å². The topological polar surface area (TPSA) is 130 Å². The highest BCUT2D eigenvalue weighted by atomic mass is 127. The molecule has 0 bridgehead atoms. The predicted molar refractivity (Wildman–Crippen MR) is 154 cm³/mol. The normalized spacial score (nSPS) is 13.3. The number of carbonyl (C=O) groups excluding carboxylic acids is 1. The lowest BCUT2D eigenvalue weighted by Crippen LogP contribution is -2.29. The van der Waals surface area contributed by atoms with Crippen LogP contribution in [0, 0.1) is 21.1 Å². The van der Waals surface area contributed by atoms with Gasteiger partial charge in [-0.25, -0.2) is 27.4 Å². The average Bonchev–Trinajstić information content (AvgIpc) is 3.75. The van der Waals surface area contributed by atoms with Crippen molar-refractivity contribution < 1.29 is 31.9 Å². The van der Waals surface area contributed by atoms with Gasteiger partial charge in [0.25, 0.3) is 5.91 Å². The van der Waals surface area contributed by atoms with Gasteiger partial charge in [-0.3, -0.25) is 14.6 Å². The molecule has 1 aliphatic carbocycles. The summed E-state index contributed by atoms with van der Waals surface area (Å²) in [6, 6.07) is 8.89. The lowest BCUT2D eigenvalue weighted by atomic mass is 10.1. The van der Waals surface area contributed by atoms with Crippen LogP contribution in [-0.2, 0) is 27.8 Å². The van der Waals surface area contributed by atoms with Gasteiger partial charge < -0.3 is 10.4 Å². The minimum absolute atomic E-state index is 0.0619. The number of hydroxylamine groups is 1. The van der Waals surface area contributed by atoms with Crippen LogP contribution in [0.5, 0.6) is 0 Å². The molecule has 0 atom stereocenters. The molecule has 4 rings (SSSR count). The molecule has 40 heavy (non-hydrogen) atoms. The van der Waals surface area contributed by atoms with E-state index in [-0.39, 0.29) is 30.5 Å². The quantitative estimate of drug-likeness (QED) is 0.148. The molecule has 0 aliphatic heterocycles. The van der Waals surface area contributed by atoms with Crippen molar-refractivity contribution in [3.63, 3.8) is 0 Å². The zero-order valence-corrected chi connectivity index (χ0v) is 24.7. The molecule has 0 radical (unpaired) electrons. The number of nitrogens with zero attached hydrogens (tertiary/aromatic N) is 1. The van der Waals surface area contributed by atoms with Crippen molar-refractivity contribution in [3.8, 4) is 0 Å². The zero-order valence-electron chi connectivity index (χ0n) is 21.0. The van der Waals surface area contributed by atoms with E-state index < -0.39 is 43.7 Å². The molecule has 1 aliphatic rings. The molecule has 2 aromatic carbocycles. The van der Waals surface area contributed by atoms with E-state index in [1.807, 2.05) is 22.6 Å². The molecule has 1 fully saturated rings. The molecular weight excluding hydrogens is 681 g/mol. The maximum Gasteiger partial charge on any atom is 0.277 e. The maximum atomic E-state index is 15.5. The van der Waals surface area contributed by atoms with E-state index in [1.165, 1.54) is 12.3 Å². The fourth-order valence-corrected chi connectivity index (χ4v) is 5.74. The predicted octanol–water partition coefficient (Wildman–Crippen LogP) is 4.84. The lowest BCUT2D eigenvalue weighted by molar-refractivity contribution is 0.0270. The highest BCUT2D eigenvalue weighted by Crippen LogP contribution is 2.34. The number of carbonyl (C=O) groups is 1. The Morgan fingerprint density at radius 2 is 1.98 bits per heavy atom. The van der Waals surface area contributed by atoms with Crippen LogP contribution >= 0.6 is 34.2 Å². The number of sulfonamides is 1. The second-order valence-corrected chi connectivity index (χ2v) is 12.5. The Balaban J connectivity index is 1.67.